The van der Waals surface area contributed by atoms with Gasteiger partial charge >= 0.3 is 0 Å². The summed E-state index contributed by atoms with van der Waals surface area (Å²) in [4.78, 5) is 5.58. The van der Waals surface area contributed by atoms with E-state index < -0.39 is 0 Å². The van der Waals surface area contributed by atoms with Crippen LogP contribution < -0.4 is 4.80 Å². The molecule has 6 heteroatoms. The number of aryl methyl sites for hydroxylation is 1. The maximum absolute atomic E-state index is 5.70. The second kappa shape index (κ2) is 7.54. The molecule has 3 rings (SSSR count). The number of benzene rings is 1. The highest BCUT2D eigenvalue weighted by molar-refractivity contribution is 9.10. The highest BCUT2D eigenvalue weighted by Gasteiger charge is 2.12. The van der Waals surface area contributed by atoms with Gasteiger partial charge in [-0.1, -0.05) is 34.1 Å². The van der Waals surface area contributed by atoms with Crippen LogP contribution in [0, 0.1) is 6.92 Å². The summed E-state index contributed by atoms with van der Waals surface area (Å²) in [6, 6.07) is 12.2. The van der Waals surface area contributed by atoms with E-state index in [1.54, 1.807) is 11.3 Å². The Morgan fingerprint density at radius 2 is 1.96 bits per heavy atom. The van der Waals surface area contributed by atoms with Crippen LogP contribution >= 0.6 is 27.3 Å². The average Bonchev–Trinajstić information content (AvgIpc) is 3.15. The molecule has 0 saturated heterocycles. The van der Waals surface area contributed by atoms with E-state index in [1.807, 2.05) is 48.9 Å². The molecule has 0 unspecified atom stereocenters. The lowest BCUT2D eigenvalue weighted by molar-refractivity contribution is 0.524. The van der Waals surface area contributed by atoms with Crippen LogP contribution in [0.4, 0.5) is 0 Å². The van der Waals surface area contributed by atoms with Crippen molar-refractivity contribution in [1.82, 2.24) is 4.68 Å². The Kier molecular flexibility index (Phi) is 5.39. The number of aromatic nitrogens is 1. The summed E-state index contributed by atoms with van der Waals surface area (Å²) in [5, 5.41) is 6.90. The summed E-state index contributed by atoms with van der Waals surface area (Å²) in [6.07, 6.45) is 0. The van der Waals surface area contributed by atoms with E-state index in [1.165, 1.54) is 0 Å². The van der Waals surface area contributed by atoms with Gasteiger partial charge in [-0.05, 0) is 45.9 Å². The molecule has 2 heterocycles. The number of furan rings is 1. The standard InChI is InChI=1S/C19H20BrN3OS/c1-12(2)21-19-23(22-14(4)18-10-9-13(3)24-18)17(11-25-19)15-7-5-6-8-16(15)20/h5-12H,1-4H3. The Morgan fingerprint density at radius 1 is 1.20 bits per heavy atom. The molecule has 0 saturated carbocycles. The van der Waals surface area contributed by atoms with Gasteiger partial charge in [-0.15, -0.1) is 11.3 Å². The number of hydrogen-bond acceptors (Lipinski definition) is 4. The van der Waals surface area contributed by atoms with Crippen LogP contribution in [0.25, 0.3) is 11.3 Å². The van der Waals surface area contributed by atoms with Crippen molar-refractivity contribution < 1.29 is 4.42 Å². The van der Waals surface area contributed by atoms with E-state index in [9.17, 15) is 0 Å². The molecule has 0 amide bonds. The fourth-order valence-electron chi connectivity index (χ4n) is 2.39. The van der Waals surface area contributed by atoms with Gasteiger partial charge in [-0.25, -0.2) is 4.68 Å². The highest BCUT2D eigenvalue weighted by Crippen LogP contribution is 2.28. The quantitative estimate of drug-likeness (QED) is 0.519. The van der Waals surface area contributed by atoms with Crippen LogP contribution in [0.2, 0.25) is 0 Å². The van der Waals surface area contributed by atoms with Crippen LogP contribution in [-0.4, -0.2) is 16.4 Å². The van der Waals surface area contributed by atoms with Gasteiger partial charge in [0.15, 0.2) is 0 Å². The van der Waals surface area contributed by atoms with Gasteiger partial charge in [0.1, 0.15) is 17.2 Å². The summed E-state index contributed by atoms with van der Waals surface area (Å²) in [5.41, 5.74) is 2.89. The van der Waals surface area contributed by atoms with Crippen LogP contribution in [0.5, 0.6) is 0 Å². The molecule has 130 valence electrons. The topological polar surface area (TPSA) is 42.8 Å². The first-order chi connectivity index (χ1) is 12.0. The number of hydrogen-bond donors (Lipinski definition) is 0. The molecule has 0 aliphatic rings. The third kappa shape index (κ3) is 4.02. The largest absolute Gasteiger partial charge is 0.460 e. The minimum Gasteiger partial charge on any atom is -0.460 e. The van der Waals surface area contributed by atoms with Crippen molar-refractivity contribution in [2.75, 3.05) is 0 Å². The Hall–Kier alpha value is -1.92. The third-order valence-corrected chi connectivity index (χ3v) is 5.07. The molecule has 3 aromatic rings. The lowest BCUT2D eigenvalue weighted by Gasteiger charge is -2.07. The SMILES string of the molecule is CC(=Nn1c(-c2ccccc2Br)csc1=NC(C)C)c1ccc(C)o1. The second-order valence-corrected chi connectivity index (χ2v) is 7.70. The average molecular weight is 418 g/mol. The molecular formula is C19H20BrN3OS. The van der Waals surface area contributed by atoms with Crippen molar-refractivity contribution in [1.29, 1.82) is 0 Å². The number of nitrogens with zero attached hydrogens (tertiary/aromatic N) is 3. The monoisotopic (exact) mass is 417 g/mol. The Bertz CT molecular complexity index is 978. The summed E-state index contributed by atoms with van der Waals surface area (Å²) in [7, 11) is 0. The molecule has 0 aliphatic heterocycles. The van der Waals surface area contributed by atoms with Crippen molar-refractivity contribution in [3.05, 3.63) is 62.6 Å². The number of halogens is 1. The molecule has 4 nitrogen and oxygen atoms in total. The molecule has 0 atom stereocenters. The molecule has 2 aromatic heterocycles. The molecule has 0 N–H and O–H groups in total. The van der Waals surface area contributed by atoms with Gasteiger partial charge in [0.2, 0.25) is 4.80 Å². The Balaban J connectivity index is 2.19. The molecule has 1 aromatic carbocycles. The van der Waals surface area contributed by atoms with E-state index in [0.29, 0.717) is 0 Å². The van der Waals surface area contributed by atoms with Gasteiger partial charge in [0.25, 0.3) is 0 Å². The first kappa shape index (κ1) is 17.9. The minimum absolute atomic E-state index is 0.193. The van der Waals surface area contributed by atoms with Crippen molar-refractivity contribution in [3.63, 3.8) is 0 Å². The maximum atomic E-state index is 5.70. The Labute approximate surface area is 159 Å². The van der Waals surface area contributed by atoms with Crippen molar-refractivity contribution in [2.45, 2.75) is 33.7 Å². The van der Waals surface area contributed by atoms with E-state index in [-0.39, 0.29) is 6.04 Å². The maximum Gasteiger partial charge on any atom is 0.206 e. The molecule has 0 radical (unpaired) electrons. The van der Waals surface area contributed by atoms with Crippen LogP contribution in [0.3, 0.4) is 0 Å². The van der Waals surface area contributed by atoms with Gasteiger partial charge < -0.3 is 4.42 Å². The van der Waals surface area contributed by atoms with E-state index in [4.69, 9.17) is 14.5 Å². The zero-order chi connectivity index (χ0) is 18.0. The molecule has 25 heavy (non-hydrogen) atoms. The van der Waals surface area contributed by atoms with Crippen LogP contribution in [-0.2, 0) is 0 Å². The fraction of sp³-hybridized carbons (Fsp3) is 0.263. The fourth-order valence-corrected chi connectivity index (χ4v) is 3.83. The minimum atomic E-state index is 0.193. The second-order valence-electron chi connectivity index (χ2n) is 6.01. The predicted octanol–water partition coefficient (Wildman–Crippen LogP) is 5.46. The van der Waals surface area contributed by atoms with Gasteiger partial charge in [0.05, 0.1) is 5.69 Å². The Morgan fingerprint density at radius 3 is 2.60 bits per heavy atom. The smallest absolute Gasteiger partial charge is 0.206 e. The first-order valence-corrected chi connectivity index (χ1v) is 9.74. The van der Waals surface area contributed by atoms with E-state index >= 15 is 0 Å². The lowest BCUT2D eigenvalue weighted by Crippen LogP contribution is -2.16. The first-order valence-electron chi connectivity index (χ1n) is 8.07. The van der Waals surface area contributed by atoms with Crippen LogP contribution in [0.15, 0.2) is 60.8 Å². The third-order valence-electron chi connectivity index (χ3n) is 3.55. The molecule has 0 bridgehead atoms. The molecule has 0 fully saturated rings. The zero-order valence-corrected chi connectivity index (χ0v) is 17.1. The number of thiazole rings is 1. The number of rotatable bonds is 4. The van der Waals surface area contributed by atoms with Crippen molar-refractivity contribution >= 4 is 33.0 Å². The summed E-state index contributed by atoms with van der Waals surface area (Å²) >= 11 is 5.22. The van der Waals surface area contributed by atoms with Crippen LogP contribution in [0.1, 0.15) is 32.3 Å². The lowest BCUT2D eigenvalue weighted by atomic mass is 10.2. The summed E-state index contributed by atoms with van der Waals surface area (Å²) in [6.45, 7) is 8.01. The van der Waals surface area contributed by atoms with E-state index in [2.05, 4.69) is 41.2 Å². The van der Waals surface area contributed by atoms with Gasteiger partial charge in [-0.2, -0.15) is 5.10 Å². The van der Waals surface area contributed by atoms with E-state index in [0.717, 1.165) is 37.8 Å². The molecular weight excluding hydrogens is 398 g/mol. The normalized spacial score (nSPS) is 13.0. The zero-order valence-electron chi connectivity index (χ0n) is 14.7. The van der Waals surface area contributed by atoms with Crippen molar-refractivity contribution in [2.24, 2.45) is 10.1 Å². The van der Waals surface area contributed by atoms with Gasteiger partial charge in [0, 0.05) is 21.5 Å². The van der Waals surface area contributed by atoms with Crippen molar-refractivity contribution in [3.8, 4) is 11.3 Å². The summed E-state index contributed by atoms with van der Waals surface area (Å²) < 4.78 is 8.63. The highest BCUT2D eigenvalue weighted by atomic mass is 79.9. The van der Waals surface area contributed by atoms with Gasteiger partial charge in [-0.3, -0.25) is 4.99 Å². The predicted molar refractivity (Wildman–Crippen MR) is 107 cm³/mol. The molecule has 0 aliphatic carbocycles. The summed E-state index contributed by atoms with van der Waals surface area (Å²) in [5.74, 6) is 1.64. The molecule has 0 spiro atoms.